The van der Waals surface area contributed by atoms with Gasteiger partial charge in [-0.3, -0.25) is 4.79 Å². The van der Waals surface area contributed by atoms with Gasteiger partial charge in [-0.05, 0) is 44.4 Å². The van der Waals surface area contributed by atoms with Crippen molar-refractivity contribution in [2.24, 2.45) is 5.92 Å². The Morgan fingerprint density at radius 1 is 1.31 bits per heavy atom. The predicted octanol–water partition coefficient (Wildman–Crippen LogP) is 3.70. The van der Waals surface area contributed by atoms with E-state index >= 15 is 0 Å². The number of hydrogen-bond acceptors (Lipinski definition) is 7. The highest BCUT2D eigenvalue weighted by molar-refractivity contribution is 7.21. The molecule has 8 heteroatoms. The van der Waals surface area contributed by atoms with Crippen molar-refractivity contribution in [3.63, 3.8) is 0 Å². The molecule has 3 heterocycles. The van der Waals surface area contributed by atoms with E-state index in [1.807, 2.05) is 31.2 Å². The molecule has 0 amide bonds. The van der Waals surface area contributed by atoms with Crippen molar-refractivity contribution in [1.82, 2.24) is 4.98 Å². The first-order valence-corrected chi connectivity index (χ1v) is 13.4. The second kappa shape index (κ2) is 10.0. The third-order valence-corrected chi connectivity index (χ3v) is 8.00. The molecule has 1 aliphatic heterocycles. The topological polar surface area (TPSA) is 96.9 Å². The van der Waals surface area contributed by atoms with E-state index < -0.39 is 5.97 Å². The number of benzene rings is 2. The zero-order valence-corrected chi connectivity index (χ0v) is 21.6. The van der Waals surface area contributed by atoms with Crippen LogP contribution in [0.1, 0.15) is 55.3 Å². The number of carbonyl (C=O) groups excluding carboxylic acids is 1. The first-order chi connectivity index (χ1) is 17.4. The molecule has 0 aliphatic carbocycles. The van der Waals surface area contributed by atoms with Crippen molar-refractivity contribution in [2.75, 3.05) is 19.7 Å². The average Bonchev–Trinajstić information content (AvgIpc) is 3.29. The molecular weight excluding hydrogens is 476 g/mol. The van der Waals surface area contributed by atoms with Crippen molar-refractivity contribution < 1.29 is 24.0 Å². The normalized spacial score (nSPS) is 18.1. The van der Waals surface area contributed by atoms with Gasteiger partial charge in [0.25, 0.3) is 0 Å². The van der Waals surface area contributed by atoms with Gasteiger partial charge in [-0.1, -0.05) is 37.3 Å². The maximum Gasteiger partial charge on any atom is 0.375 e. The SMILES string of the molecule is CCOC(=O)c1oc2c(C[NH+]3CCCC(C)C3)c([O-])c(CC)cc2c(=O)c1-c1nc2ccccc2s1. The van der Waals surface area contributed by atoms with Crippen LogP contribution < -0.4 is 15.4 Å². The molecule has 0 radical (unpaired) electrons. The number of nitrogens with zero attached hydrogens (tertiary/aromatic N) is 1. The van der Waals surface area contributed by atoms with Gasteiger partial charge < -0.3 is 19.2 Å². The minimum absolute atomic E-state index is 0.0905. The Morgan fingerprint density at radius 3 is 2.83 bits per heavy atom. The van der Waals surface area contributed by atoms with Crippen molar-refractivity contribution in [3.8, 4) is 16.3 Å². The van der Waals surface area contributed by atoms with Crippen LogP contribution in [-0.4, -0.2) is 30.6 Å². The van der Waals surface area contributed by atoms with Crippen LogP contribution >= 0.6 is 11.3 Å². The highest BCUT2D eigenvalue weighted by Gasteiger charge is 2.28. The smallest absolute Gasteiger partial charge is 0.375 e. The fraction of sp³-hybridized carbons (Fsp3) is 0.393. The maximum absolute atomic E-state index is 14.0. The molecule has 2 unspecified atom stereocenters. The number of ether oxygens (including phenoxy) is 1. The van der Waals surface area contributed by atoms with Gasteiger partial charge in [0.1, 0.15) is 22.7 Å². The summed E-state index contributed by atoms with van der Waals surface area (Å²) >= 11 is 1.32. The lowest BCUT2D eigenvalue weighted by molar-refractivity contribution is -0.922. The van der Waals surface area contributed by atoms with Gasteiger partial charge in [0, 0.05) is 11.5 Å². The number of esters is 1. The van der Waals surface area contributed by atoms with Crippen molar-refractivity contribution >= 4 is 38.5 Å². The third kappa shape index (κ3) is 4.40. The molecule has 2 atom stereocenters. The minimum Gasteiger partial charge on any atom is -0.872 e. The van der Waals surface area contributed by atoms with Crippen molar-refractivity contribution in [3.05, 3.63) is 57.4 Å². The second-order valence-corrected chi connectivity index (χ2v) is 10.6. The summed E-state index contributed by atoms with van der Waals surface area (Å²) in [6, 6.07) is 9.19. The van der Waals surface area contributed by atoms with E-state index in [1.54, 1.807) is 13.0 Å². The Morgan fingerprint density at radius 2 is 2.11 bits per heavy atom. The number of nitrogens with one attached hydrogen (secondary N) is 1. The summed E-state index contributed by atoms with van der Waals surface area (Å²) < 4.78 is 12.4. The van der Waals surface area contributed by atoms with Crippen molar-refractivity contribution in [2.45, 2.75) is 46.6 Å². The molecule has 2 aromatic heterocycles. The number of quaternary nitrogens is 1. The number of carbonyl (C=O) groups is 1. The third-order valence-electron chi connectivity index (χ3n) is 6.95. The summed E-state index contributed by atoms with van der Waals surface area (Å²) in [5, 5.41) is 14.2. The Bertz CT molecular complexity index is 1470. The first-order valence-electron chi connectivity index (χ1n) is 12.6. The fourth-order valence-corrected chi connectivity index (χ4v) is 6.19. The predicted molar refractivity (Wildman–Crippen MR) is 139 cm³/mol. The molecule has 4 aromatic rings. The van der Waals surface area contributed by atoms with Crippen LogP contribution in [-0.2, 0) is 17.7 Å². The van der Waals surface area contributed by atoms with Gasteiger partial charge in [0.15, 0.2) is 0 Å². The van der Waals surface area contributed by atoms with E-state index in [0.717, 1.165) is 29.7 Å². The Labute approximate surface area is 213 Å². The zero-order chi connectivity index (χ0) is 25.4. The lowest BCUT2D eigenvalue weighted by atomic mass is 9.97. The fourth-order valence-electron chi connectivity index (χ4n) is 5.19. The highest BCUT2D eigenvalue weighted by atomic mass is 32.1. The molecule has 2 aromatic carbocycles. The average molecular weight is 507 g/mol. The number of fused-ring (bicyclic) bond motifs is 2. The molecular formula is C28H30N2O5S. The quantitative estimate of drug-likeness (QED) is 0.401. The second-order valence-electron chi connectivity index (χ2n) is 9.54. The van der Waals surface area contributed by atoms with E-state index in [1.165, 1.54) is 22.7 Å². The molecule has 7 nitrogen and oxygen atoms in total. The van der Waals surface area contributed by atoms with Crippen LogP contribution in [0.25, 0.3) is 31.8 Å². The van der Waals surface area contributed by atoms with E-state index in [2.05, 4.69) is 11.9 Å². The number of thiazole rings is 1. The van der Waals surface area contributed by atoms with Gasteiger partial charge in [-0.25, -0.2) is 9.78 Å². The largest absolute Gasteiger partial charge is 0.872 e. The van der Waals surface area contributed by atoms with Crippen LogP contribution in [0.3, 0.4) is 0 Å². The Kier molecular flexibility index (Phi) is 6.81. The summed E-state index contributed by atoms with van der Waals surface area (Å²) in [6.45, 7) is 8.33. The maximum atomic E-state index is 14.0. The lowest BCUT2D eigenvalue weighted by Crippen LogP contribution is -3.12. The van der Waals surface area contributed by atoms with Gasteiger partial charge in [0.05, 0.1) is 35.3 Å². The van der Waals surface area contributed by atoms with Crippen molar-refractivity contribution in [1.29, 1.82) is 0 Å². The summed E-state index contributed by atoms with van der Waals surface area (Å²) in [6.07, 6.45) is 2.77. The zero-order valence-electron chi connectivity index (χ0n) is 20.8. The molecule has 36 heavy (non-hydrogen) atoms. The summed E-state index contributed by atoms with van der Waals surface area (Å²) in [5.41, 5.74) is 1.70. The van der Waals surface area contributed by atoms with Crippen LogP contribution in [0.15, 0.2) is 39.5 Å². The van der Waals surface area contributed by atoms with Crippen LogP contribution in [0.5, 0.6) is 5.75 Å². The number of piperidine rings is 1. The van der Waals surface area contributed by atoms with Gasteiger partial charge in [-0.2, -0.15) is 0 Å². The highest BCUT2D eigenvalue weighted by Crippen LogP contribution is 2.35. The Hall–Kier alpha value is -3.23. The van der Waals surface area contributed by atoms with Gasteiger partial charge in [-0.15, -0.1) is 11.3 Å². The lowest BCUT2D eigenvalue weighted by Gasteiger charge is -2.30. The minimum atomic E-state index is -0.734. The van der Waals surface area contributed by atoms with Crippen LogP contribution in [0, 0.1) is 5.92 Å². The summed E-state index contributed by atoms with van der Waals surface area (Å²) in [5.74, 6) is -0.471. The Balaban J connectivity index is 1.77. The van der Waals surface area contributed by atoms with E-state index in [9.17, 15) is 14.7 Å². The summed E-state index contributed by atoms with van der Waals surface area (Å²) in [4.78, 5) is 33.0. The molecule has 1 saturated heterocycles. The standard InChI is InChI=1S/C28H30N2O5S/c1-4-17-13-18-24(32)22(27-29-20-10-6-7-11-21(20)36-27)26(28(33)34-5-2)35-25(18)19(23(17)31)15-30-12-8-9-16(3)14-30/h6-7,10-11,13,16,31H,4-5,8-9,12,14-15H2,1-3H3. The number of para-hydroxylation sites is 1. The molecule has 188 valence electrons. The van der Waals surface area contributed by atoms with Gasteiger partial charge in [0.2, 0.25) is 11.2 Å². The molecule has 1 N–H and O–H groups in total. The van der Waals surface area contributed by atoms with E-state index in [-0.39, 0.29) is 34.7 Å². The number of rotatable bonds is 6. The molecule has 0 spiro atoms. The molecule has 5 rings (SSSR count). The monoisotopic (exact) mass is 506 g/mol. The molecule has 1 fully saturated rings. The van der Waals surface area contributed by atoms with E-state index in [0.29, 0.717) is 40.4 Å². The number of hydrogen-bond donors (Lipinski definition) is 1. The number of aromatic nitrogens is 1. The summed E-state index contributed by atoms with van der Waals surface area (Å²) in [7, 11) is 0. The van der Waals surface area contributed by atoms with Crippen LogP contribution in [0.4, 0.5) is 0 Å². The number of aryl methyl sites for hydroxylation is 1. The molecule has 0 bridgehead atoms. The molecule has 1 aliphatic rings. The first kappa shape index (κ1) is 24.5. The van der Waals surface area contributed by atoms with E-state index in [4.69, 9.17) is 9.15 Å². The van der Waals surface area contributed by atoms with Gasteiger partial charge >= 0.3 is 5.97 Å². The van der Waals surface area contributed by atoms with Crippen LogP contribution in [0.2, 0.25) is 0 Å². The molecule has 0 saturated carbocycles. The number of likely N-dealkylation sites (tertiary alicyclic amines) is 1.